The summed E-state index contributed by atoms with van der Waals surface area (Å²) >= 11 is 0. The molecule has 1 atom stereocenters. The third-order valence-electron chi connectivity index (χ3n) is 5.26. The van der Waals surface area contributed by atoms with Crippen LogP contribution in [0.15, 0.2) is 54.7 Å². The van der Waals surface area contributed by atoms with Crippen molar-refractivity contribution in [2.75, 3.05) is 14.1 Å². The molecule has 0 radical (unpaired) electrons. The summed E-state index contributed by atoms with van der Waals surface area (Å²) in [5.74, 6) is 0. The Kier molecular flexibility index (Phi) is 6.06. The SMILES string of the molecule is CN(C1CCCCC1)S(=O)(=O)N(C)[C@H](c1ccccc1)c1ccccn1. The van der Waals surface area contributed by atoms with Crippen LogP contribution in [0.2, 0.25) is 0 Å². The summed E-state index contributed by atoms with van der Waals surface area (Å²) in [6.45, 7) is 0. The summed E-state index contributed by atoms with van der Waals surface area (Å²) in [4.78, 5) is 4.44. The molecule has 5 nitrogen and oxygen atoms in total. The first-order chi connectivity index (χ1) is 12.5. The number of benzene rings is 1. The van der Waals surface area contributed by atoms with Gasteiger partial charge in [-0.05, 0) is 30.5 Å². The van der Waals surface area contributed by atoms with Crippen molar-refractivity contribution in [2.24, 2.45) is 0 Å². The van der Waals surface area contributed by atoms with E-state index in [1.807, 2.05) is 48.5 Å². The zero-order valence-electron chi connectivity index (χ0n) is 15.5. The average Bonchev–Trinajstić information content (AvgIpc) is 2.70. The average molecular weight is 374 g/mol. The third-order valence-corrected chi connectivity index (χ3v) is 7.23. The van der Waals surface area contributed by atoms with E-state index < -0.39 is 16.3 Å². The van der Waals surface area contributed by atoms with E-state index in [4.69, 9.17) is 0 Å². The van der Waals surface area contributed by atoms with E-state index in [0.717, 1.165) is 36.9 Å². The Labute approximate surface area is 156 Å². The molecule has 0 bridgehead atoms. The van der Waals surface area contributed by atoms with Gasteiger partial charge in [-0.1, -0.05) is 55.7 Å². The van der Waals surface area contributed by atoms with Crippen LogP contribution in [0.3, 0.4) is 0 Å². The maximum absolute atomic E-state index is 13.3. The van der Waals surface area contributed by atoms with E-state index in [0.29, 0.717) is 0 Å². The second-order valence-corrected chi connectivity index (χ2v) is 8.95. The second kappa shape index (κ2) is 8.29. The summed E-state index contributed by atoms with van der Waals surface area (Å²) in [5, 5.41) is 0. The zero-order valence-corrected chi connectivity index (χ0v) is 16.3. The molecule has 1 saturated carbocycles. The molecule has 0 aliphatic heterocycles. The van der Waals surface area contributed by atoms with Crippen LogP contribution in [-0.4, -0.2) is 42.1 Å². The quantitative estimate of drug-likeness (QED) is 0.777. The monoisotopic (exact) mass is 373 g/mol. The summed E-state index contributed by atoms with van der Waals surface area (Å²) in [7, 11) is -0.243. The lowest BCUT2D eigenvalue weighted by Gasteiger charge is -2.36. The molecule has 0 saturated heterocycles. The number of hydrogen-bond acceptors (Lipinski definition) is 3. The minimum atomic E-state index is -3.61. The molecule has 0 spiro atoms. The van der Waals surface area contributed by atoms with Gasteiger partial charge in [0.25, 0.3) is 10.2 Å². The van der Waals surface area contributed by atoms with Gasteiger partial charge in [-0.15, -0.1) is 0 Å². The molecular formula is C20H27N3O2S. The standard InChI is InChI=1S/C20H27N3O2S/c1-22(18-13-7-4-8-14-18)26(24,25)23(2)20(17-11-5-3-6-12-17)19-15-9-10-16-21-19/h3,5-6,9-12,15-16,18,20H,4,7-8,13-14H2,1-2H3/t20-/m1/s1. The molecular weight excluding hydrogens is 346 g/mol. The van der Waals surface area contributed by atoms with Gasteiger partial charge in [0.05, 0.1) is 11.7 Å². The number of aromatic nitrogens is 1. The van der Waals surface area contributed by atoms with Crippen LogP contribution in [0.25, 0.3) is 0 Å². The van der Waals surface area contributed by atoms with E-state index in [1.54, 1.807) is 24.6 Å². The minimum absolute atomic E-state index is 0.0800. The molecule has 0 N–H and O–H groups in total. The van der Waals surface area contributed by atoms with E-state index in [1.165, 1.54) is 10.7 Å². The normalized spacial score (nSPS) is 17.5. The number of rotatable bonds is 6. The van der Waals surface area contributed by atoms with Gasteiger partial charge in [0, 0.05) is 26.3 Å². The van der Waals surface area contributed by atoms with Crippen LogP contribution in [0.1, 0.15) is 49.4 Å². The summed E-state index contributed by atoms with van der Waals surface area (Å²) < 4.78 is 29.7. The van der Waals surface area contributed by atoms with Crippen LogP contribution < -0.4 is 0 Å². The molecule has 1 heterocycles. The molecule has 140 valence electrons. The highest BCUT2D eigenvalue weighted by molar-refractivity contribution is 7.86. The van der Waals surface area contributed by atoms with Crippen molar-refractivity contribution in [3.63, 3.8) is 0 Å². The van der Waals surface area contributed by atoms with Gasteiger partial charge in [-0.25, -0.2) is 0 Å². The maximum Gasteiger partial charge on any atom is 0.282 e. The molecule has 6 heteroatoms. The van der Waals surface area contributed by atoms with Gasteiger partial charge < -0.3 is 0 Å². The first-order valence-electron chi connectivity index (χ1n) is 9.18. The summed E-state index contributed by atoms with van der Waals surface area (Å²) in [6, 6.07) is 14.9. The summed E-state index contributed by atoms with van der Waals surface area (Å²) in [6.07, 6.45) is 6.96. The predicted octanol–water partition coefficient (Wildman–Crippen LogP) is 3.61. The third kappa shape index (κ3) is 3.98. The molecule has 1 fully saturated rings. The Balaban J connectivity index is 1.95. The first kappa shape index (κ1) is 19.0. The molecule has 1 aromatic heterocycles. The Morgan fingerprint density at radius 1 is 0.962 bits per heavy atom. The largest absolute Gasteiger partial charge is 0.282 e. The molecule has 1 aliphatic carbocycles. The highest BCUT2D eigenvalue weighted by Gasteiger charge is 2.36. The Bertz CT molecular complexity index is 751. The fourth-order valence-electron chi connectivity index (χ4n) is 3.71. The van der Waals surface area contributed by atoms with Crippen LogP contribution in [0, 0.1) is 0 Å². The van der Waals surface area contributed by atoms with Gasteiger partial charge in [0.2, 0.25) is 0 Å². The van der Waals surface area contributed by atoms with E-state index in [-0.39, 0.29) is 6.04 Å². The van der Waals surface area contributed by atoms with Gasteiger partial charge in [-0.3, -0.25) is 4.98 Å². The maximum atomic E-state index is 13.3. The highest BCUT2D eigenvalue weighted by Crippen LogP contribution is 2.31. The minimum Gasteiger partial charge on any atom is -0.259 e. The predicted molar refractivity (Wildman–Crippen MR) is 104 cm³/mol. The van der Waals surface area contributed by atoms with Gasteiger partial charge in [-0.2, -0.15) is 17.0 Å². The fourth-order valence-corrected chi connectivity index (χ4v) is 5.20. The topological polar surface area (TPSA) is 53.5 Å². The van der Waals surface area contributed by atoms with E-state index >= 15 is 0 Å². The van der Waals surface area contributed by atoms with Gasteiger partial charge in [0.1, 0.15) is 0 Å². The van der Waals surface area contributed by atoms with Gasteiger partial charge >= 0.3 is 0 Å². The molecule has 1 aromatic carbocycles. The van der Waals surface area contributed by atoms with Crippen LogP contribution in [0.4, 0.5) is 0 Å². The molecule has 0 amide bonds. The van der Waals surface area contributed by atoms with Crippen molar-refractivity contribution < 1.29 is 8.42 Å². The van der Waals surface area contributed by atoms with Crippen molar-refractivity contribution in [1.82, 2.24) is 13.6 Å². The molecule has 26 heavy (non-hydrogen) atoms. The van der Waals surface area contributed by atoms with E-state index in [9.17, 15) is 8.42 Å². The Morgan fingerprint density at radius 2 is 1.62 bits per heavy atom. The van der Waals surface area contributed by atoms with Crippen molar-refractivity contribution in [3.05, 3.63) is 66.0 Å². The molecule has 3 rings (SSSR count). The Hall–Kier alpha value is -1.76. The number of hydrogen-bond donors (Lipinski definition) is 0. The summed E-state index contributed by atoms with van der Waals surface area (Å²) in [5.41, 5.74) is 1.64. The van der Waals surface area contributed by atoms with Crippen LogP contribution in [0.5, 0.6) is 0 Å². The number of pyridine rings is 1. The Morgan fingerprint density at radius 3 is 2.23 bits per heavy atom. The second-order valence-electron chi connectivity index (χ2n) is 6.90. The fraction of sp³-hybridized carbons (Fsp3) is 0.450. The lowest BCUT2D eigenvalue weighted by molar-refractivity contribution is 0.262. The van der Waals surface area contributed by atoms with Crippen molar-refractivity contribution >= 4 is 10.2 Å². The zero-order chi connectivity index (χ0) is 18.6. The van der Waals surface area contributed by atoms with E-state index in [2.05, 4.69) is 4.98 Å². The van der Waals surface area contributed by atoms with Crippen LogP contribution >= 0.6 is 0 Å². The van der Waals surface area contributed by atoms with Gasteiger partial charge in [0.15, 0.2) is 0 Å². The highest BCUT2D eigenvalue weighted by atomic mass is 32.2. The van der Waals surface area contributed by atoms with Crippen molar-refractivity contribution in [1.29, 1.82) is 0 Å². The van der Waals surface area contributed by atoms with Crippen molar-refractivity contribution in [3.8, 4) is 0 Å². The number of nitrogens with zero attached hydrogens (tertiary/aromatic N) is 3. The molecule has 2 aromatic rings. The lowest BCUT2D eigenvalue weighted by atomic mass is 9.96. The first-order valence-corrected chi connectivity index (χ1v) is 10.6. The molecule has 1 aliphatic rings. The van der Waals surface area contributed by atoms with Crippen LogP contribution in [-0.2, 0) is 10.2 Å². The lowest BCUT2D eigenvalue weighted by Crippen LogP contribution is -2.47. The smallest absolute Gasteiger partial charge is 0.259 e. The van der Waals surface area contributed by atoms with Crippen molar-refractivity contribution in [2.45, 2.75) is 44.2 Å². The molecule has 0 unspecified atom stereocenters.